The van der Waals surface area contributed by atoms with Crippen molar-refractivity contribution in [3.8, 4) is 0 Å². The molecule has 0 aliphatic carbocycles. The largest absolute Gasteiger partial charge is 0.397 e. The molecule has 8 heteroatoms. The highest BCUT2D eigenvalue weighted by Gasteiger charge is 2.23. The molecule has 0 bridgehead atoms. The fourth-order valence-corrected chi connectivity index (χ4v) is 4.47. The van der Waals surface area contributed by atoms with Crippen LogP contribution in [0.25, 0.3) is 0 Å². The van der Waals surface area contributed by atoms with E-state index in [0.717, 1.165) is 90.0 Å². The number of fused-ring (bicyclic) bond motifs is 1. The SMILES string of the molecule is CCN(CC)CCCNCCN1CCN(CCNCCCN(CC)CC)c2ncc(N)cc21. The van der Waals surface area contributed by atoms with Gasteiger partial charge in [0.05, 0.1) is 17.6 Å². The van der Waals surface area contributed by atoms with Crippen LogP contribution in [-0.4, -0.2) is 106 Å². The standard InChI is InChI=1S/C25H50N8/c1-5-30(6-2)15-9-11-27-13-17-32-19-20-33(25-24(32)21-23(26)22-29-25)18-14-28-12-10-16-31(7-3)8-4/h21-22,27-28H,5-20,26H2,1-4H3. The summed E-state index contributed by atoms with van der Waals surface area (Å²) in [5, 5.41) is 7.23. The van der Waals surface area contributed by atoms with E-state index >= 15 is 0 Å². The molecular weight excluding hydrogens is 412 g/mol. The molecule has 0 spiro atoms. The van der Waals surface area contributed by atoms with Crippen LogP contribution < -0.4 is 26.2 Å². The van der Waals surface area contributed by atoms with Crippen LogP contribution in [0.1, 0.15) is 40.5 Å². The Balaban J connectivity index is 1.74. The number of nitrogen functional groups attached to an aromatic ring is 1. The van der Waals surface area contributed by atoms with Gasteiger partial charge in [-0.1, -0.05) is 27.7 Å². The fourth-order valence-electron chi connectivity index (χ4n) is 4.47. The second-order valence-corrected chi connectivity index (χ2v) is 8.85. The number of nitrogens with one attached hydrogen (secondary N) is 2. The van der Waals surface area contributed by atoms with Crippen molar-refractivity contribution in [3.63, 3.8) is 0 Å². The first kappa shape index (κ1) is 27.6. The van der Waals surface area contributed by atoms with E-state index in [0.29, 0.717) is 0 Å². The van der Waals surface area contributed by atoms with Gasteiger partial charge in [-0.25, -0.2) is 4.98 Å². The van der Waals surface area contributed by atoms with Crippen molar-refractivity contribution >= 4 is 17.2 Å². The second kappa shape index (κ2) is 16.1. The molecule has 190 valence electrons. The minimum absolute atomic E-state index is 0.738. The van der Waals surface area contributed by atoms with Gasteiger partial charge in [-0.15, -0.1) is 0 Å². The molecule has 0 aromatic carbocycles. The number of nitrogens with zero attached hydrogens (tertiary/aromatic N) is 5. The summed E-state index contributed by atoms with van der Waals surface area (Å²) >= 11 is 0. The third-order valence-corrected chi connectivity index (χ3v) is 6.71. The molecule has 0 unspecified atom stereocenters. The Morgan fingerprint density at radius 3 is 1.88 bits per heavy atom. The van der Waals surface area contributed by atoms with Gasteiger partial charge in [0.2, 0.25) is 0 Å². The minimum Gasteiger partial charge on any atom is -0.397 e. The van der Waals surface area contributed by atoms with Crippen molar-refractivity contribution < 1.29 is 0 Å². The van der Waals surface area contributed by atoms with Crippen LogP contribution in [-0.2, 0) is 0 Å². The number of hydrogen-bond acceptors (Lipinski definition) is 8. The first-order chi connectivity index (χ1) is 16.1. The summed E-state index contributed by atoms with van der Waals surface area (Å²) in [5.41, 5.74) is 8.01. The third-order valence-electron chi connectivity index (χ3n) is 6.71. The maximum atomic E-state index is 6.10. The first-order valence-corrected chi connectivity index (χ1v) is 13.2. The van der Waals surface area contributed by atoms with E-state index in [9.17, 15) is 0 Å². The molecule has 0 saturated carbocycles. The summed E-state index contributed by atoms with van der Waals surface area (Å²) in [6.07, 6.45) is 4.18. The lowest BCUT2D eigenvalue weighted by molar-refractivity contribution is 0.298. The summed E-state index contributed by atoms with van der Waals surface area (Å²) in [7, 11) is 0. The number of pyridine rings is 1. The van der Waals surface area contributed by atoms with Crippen molar-refractivity contribution in [2.45, 2.75) is 40.5 Å². The first-order valence-electron chi connectivity index (χ1n) is 13.2. The molecule has 2 rings (SSSR count). The van der Waals surface area contributed by atoms with Gasteiger partial charge in [0.15, 0.2) is 5.82 Å². The molecule has 1 aromatic rings. The van der Waals surface area contributed by atoms with E-state index in [1.54, 1.807) is 6.20 Å². The van der Waals surface area contributed by atoms with Crippen LogP contribution in [0.15, 0.2) is 12.3 Å². The van der Waals surface area contributed by atoms with Crippen LogP contribution in [0.3, 0.4) is 0 Å². The Hall–Kier alpha value is -1.61. The number of nitrogens with two attached hydrogens (primary N) is 1. The third kappa shape index (κ3) is 9.65. The monoisotopic (exact) mass is 462 g/mol. The Morgan fingerprint density at radius 1 is 0.818 bits per heavy atom. The Morgan fingerprint density at radius 2 is 1.33 bits per heavy atom. The Labute approximate surface area is 202 Å². The van der Waals surface area contributed by atoms with Crippen LogP contribution in [0.2, 0.25) is 0 Å². The lowest BCUT2D eigenvalue weighted by Gasteiger charge is -2.38. The lowest BCUT2D eigenvalue weighted by Crippen LogP contribution is -2.46. The highest BCUT2D eigenvalue weighted by molar-refractivity contribution is 5.72. The molecule has 1 aliphatic heterocycles. The maximum Gasteiger partial charge on any atom is 0.152 e. The minimum atomic E-state index is 0.738. The molecule has 0 radical (unpaired) electrons. The molecule has 0 saturated heterocycles. The smallest absolute Gasteiger partial charge is 0.152 e. The highest BCUT2D eigenvalue weighted by Crippen LogP contribution is 2.31. The van der Waals surface area contributed by atoms with Crippen molar-refractivity contribution in [2.75, 3.05) is 107 Å². The van der Waals surface area contributed by atoms with Gasteiger partial charge in [0, 0.05) is 39.3 Å². The van der Waals surface area contributed by atoms with Crippen molar-refractivity contribution in [3.05, 3.63) is 12.3 Å². The van der Waals surface area contributed by atoms with Gasteiger partial charge >= 0.3 is 0 Å². The Kier molecular flexibility index (Phi) is 13.5. The summed E-state index contributed by atoms with van der Waals surface area (Å²) in [6, 6.07) is 2.09. The predicted molar refractivity (Wildman–Crippen MR) is 144 cm³/mol. The average Bonchev–Trinajstić information content (AvgIpc) is 2.83. The summed E-state index contributed by atoms with van der Waals surface area (Å²) in [6.45, 7) is 23.9. The van der Waals surface area contributed by atoms with Gasteiger partial charge in [0.25, 0.3) is 0 Å². The van der Waals surface area contributed by atoms with E-state index in [2.05, 4.69) is 64.0 Å². The average molecular weight is 463 g/mol. The predicted octanol–water partition coefficient (Wildman–Crippen LogP) is 1.93. The number of anilines is 3. The number of aromatic nitrogens is 1. The van der Waals surface area contributed by atoms with Crippen molar-refractivity contribution in [1.82, 2.24) is 25.4 Å². The zero-order valence-electron chi connectivity index (χ0n) is 21.8. The topological polar surface area (TPSA) is 75.9 Å². The van der Waals surface area contributed by atoms with E-state index in [-0.39, 0.29) is 0 Å². The van der Waals surface area contributed by atoms with Gasteiger partial charge in [0.1, 0.15) is 0 Å². The zero-order valence-corrected chi connectivity index (χ0v) is 21.8. The highest BCUT2D eigenvalue weighted by atomic mass is 15.3. The van der Waals surface area contributed by atoms with Crippen molar-refractivity contribution in [1.29, 1.82) is 0 Å². The molecule has 0 fully saturated rings. The van der Waals surface area contributed by atoms with E-state index in [1.807, 2.05) is 0 Å². The number of hydrogen-bond donors (Lipinski definition) is 3. The van der Waals surface area contributed by atoms with Crippen LogP contribution >= 0.6 is 0 Å². The summed E-state index contributed by atoms with van der Waals surface area (Å²) in [5.74, 6) is 1.07. The molecule has 8 nitrogen and oxygen atoms in total. The molecule has 0 atom stereocenters. The lowest BCUT2D eigenvalue weighted by atomic mass is 10.2. The van der Waals surface area contributed by atoms with Crippen molar-refractivity contribution in [2.24, 2.45) is 0 Å². The molecular formula is C25H50N8. The fraction of sp³-hybridized carbons (Fsp3) is 0.800. The zero-order chi connectivity index (χ0) is 23.9. The van der Waals surface area contributed by atoms with E-state index in [1.165, 1.54) is 31.6 Å². The molecule has 4 N–H and O–H groups in total. The molecule has 0 amide bonds. The normalized spacial score (nSPS) is 13.9. The van der Waals surface area contributed by atoms with E-state index < -0.39 is 0 Å². The van der Waals surface area contributed by atoms with E-state index in [4.69, 9.17) is 10.7 Å². The number of rotatable bonds is 18. The molecule has 2 heterocycles. The maximum absolute atomic E-state index is 6.10. The summed E-state index contributed by atoms with van der Waals surface area (Å²) in [4.78, 5) is 14.5. The van der Waals surface area contributed by atoms with Crippen LogP contribution in [0.5, 0.6) is 0 Å². The molecule has 1 aliphatic rings. The molecule has 1 aromatic heterocycles. The molecule has 33 heavy (non-hydrogen) atoms. The van der Waals surface area contributed by atoms with Crippen LogP contribution in [0.4, 0.5) is 17.2 Å². The van der Waals surface area contributed by atoms with Gasteiger partial charge in [-0.3, -0.25) is 0 Å². The quantitative estimate of drug-likeness (QED) is 0.286. The van der Waals surface area contributed by atoms with Gasteiger partial charge < -0.3 is 36.0 Å². The second-order valence-electron chi connectivity index (χ2n) is 8.85. The van der Waals surface area contributed by atoms with Crippen LogP contribution in [0, 0.1) is 0 Å². The summed E-state index contributed by atoms with van der Waals surface area (Å²) < 4.78 is 0. The van der Waals surface area contributed by atoms with Gasteiger partial charge in [-0.2, -0.15) is 0 Å². The Bertz CT molecular complexity index is 633. The van der Waals surface area contributed by atoms with Gasteiger partial charge in [-0.05, 0) is 71.3 Å².